The van der Waals surface area contributed by atoms with Crippen molar-refractivity contribution in [2.75, 3.05) is 0 Å². The highest BCUT2D eigenvalue weighted by Gasteiger charge is 2.18. The summed E-state index contributed by atoms with van der Waals surface area (Å²) < 4.78 is 0. The van der Waals surface area contributed by atoms with Crippen LogP contribution in [0.1, 0.15) is 17.2 Å². The van der Waals surface area contributed by atoms with E-state index in [4.69, 9.17) is 0 Å². The zero-order valence-electron chi connectivity index (χ0n) is 10.6. The lowest BCUT2D eigenvalue weighted by Crippen LogP contribution is -2.28. The second-order valence-corrected chi connectivity index (χ2v) is 3.92. The molecule has 0 spiro atoms. The van der Waals surface area contributed by atoms with Crippen LogP contribution in [0.15, 0.2) is 54.9 Å². The Balaban J connectivity index is 0.00000180. The summed E-state index contributed by atoms with van der Waals surface area (Å²) in [5, 5.41) is 12.2. The van der Waals surface area contributed by atoms with E-state index in [1.165, 1.54) is 0 Å². The molecule has 4 nitrogen and oxygen atoms in total. The summed E-state index contributed by atoms with van der Waals surface area (Å²) in [4.78, 5) is 15.2. The van der Waals surface area contributed by atoms with Crippen molar-refractivity contribution in [3.63, 3.8) is 0 Å². The molecular formula is C14H16Cl2N2O2. The van der Waals surface area contributed by atoms with Gasteiger partial charge in [0.2, 0.25) is 0 Å². The largest absolute Gasteiger partial charge is 0.480 e. The van der Waals surface area contributed by atoms with E-state index in [9.17, 15) is 9.90 Å². The Morgan fingerprint density at radius 3 is 2.40 bits per heavy atom. The SMILES string of the molecule is Cl.Cl.O=C(O)C(NCc1ccccc1)c1cccnc1. The normalized spacial score (nSPS) is 10.8. The minimum Gasteiger partial charge on any atom is -0.480 e. The van der Waals surface area contributed by atoms with E-state index in [0.717, 1.165) is 5.56 Å². The van der Waals surface area contributed by atoms with Crippen LogP contribution >= 0.6 is 24.8 Å². The first-order chi connectivity index (χ1) is 8.77. The maximum atomic E-state index is 11.2. The van der Waals surface area contributed by atoms with E-state index >= 15 is 0 Å². The lowest BCUT2D eigenvalue weighted by Gasteiger charge is -2.14. The van der Waals surface area contributed by atoms with Gasteiger partial charge in [0, 0.05) is 18.9 Å². The van der Waals surface area contributed by atoms with Gasteiger partial charge < -0.3 is 5.11 Å². The maximum Gasteiger partial charge on any atom is 0.325 e. The smallest absolute Gasteiger partial charge is 0.325 e. The third-order valence-corrected chi connectivity index (χ3v) is 2.62. The van der Waals surface area contributed by atoms with Crippen LogP contribution in [0.2, 0.25) is 0 Å². The van der Waals surface area contributed by atoms with E-state index in [1.54, 1.807) is 24.5 Å². The van der Waals surface area contributed by atoms with Crippen LogP contribution in [0.4, 0.5) is 0 Å². The summed E-state index contributed by atoms with van der Waals surface area (Å²) in [6.07, 6.45) is 3.19. The van der Waals surface area contributed by atoms with Crippen LogP contribution in [0, 0.1) is 0 Å². The van der Waals surface area contributed by atoms with Crippen LogP contribution in [-0.2, 0) is 11.3 Å². The van der Waals surface area contributed by atoms with Gasteiger partial charge in [-0.1, -0.05) is 36.4 Å². The highest BCUT2D eigenvalue weighted by Crippen LogP contribution is 2.12. The molecule has 0 fully saturated rings. The molecule has 0 aliphatic rings. The molecule has 1 aromatic carbocycles. The number of nitrogens with one attached hydrogen (secondary N) is 1. The lowest BCUT2D eigenvalue weighted by molar-refractivity contribution is -0.139. The summed E-state index contributed by atoms with van der Waals surface area (Å²) in [7, 11) is 0. The van der Waals surface area contributed by atoms with Gasteiger partial charge in [-0.15, -0.1) is 24.8 Å². The van der Waals surface area contributed by atoms with Gasteiger partial charge in [0.05, 0.1) is 0 Å². The summed E-state index contributed by atoms with van der Waals surface area (Å²) in [6, 6.07) is 12.4. The van der Waals surface area contributed by atoms with Crippen molar-refractivity contribution in [3.8, 4) is 0 Å². The second kappa shape index (κ2) is 9.31. The molecule has 2 rings (SSSR count). The molecule has 6 heteroatoms. The summed E-state index contributed by atoms with van der Waals surface area (Å²) in [5.41, 5.74) is 1.70. The Kier molecular flexibility index (Phi) is 8.56. The van der Waals surface area contributed by atoms with Gasteiger partial charge in [-0.05, 0) is 17.2 Å². The van der Waals surface area contributed by atoms with E-state index in [2.05, 4.69) is 10.3 Å². The summed E-state index contributed by atoms with van der Waals surface area (Å²) in [6.45, 7) is 0.507. The lowest BCUT2D eigenvalue weighted by atomic mass is 10.1. The van der Waals surface area contributed by atoms with Gasteiger partial charge >= 0.3 is 5.97 Å². The number of carbonyl (C=O) groups is 1. The standard InChI is InChI=1S/C14H14N2O2.2ClH/c17-14(18)13(12-7-4-8-15-10-12)16-9-11-5-2-1-3-6-11;;/h1-8,10,13,16H,9H2,(H,17,18);2*1H. The average molecular weight is 315 g/mol. The number of pyridine rings is 1. The van der Waals surface area contributed by atoms with Gasteiger partial charge in [0.25, 0.3) is 0 Å². The second-order valence-electron chi connectivity index (χ2n) is 3.92. The van der Waals surface area contributed by atoms with Crippen LogP contribution in [0.5, 0.6) is 0 Å². The Labute approximate surface area is 130 Å². The molecule has 0 amide bonds. The number of hydrogen-bond acceptors (Lipinski definition) is 3. The fourth-order valence-electron chi connectivity index (χ4n) is 1.71. The van der Waals surface area contributed by atoms with Crippen molar-refractivity contribution >= 4 is 30.8 Å². The molecule has 108 valence electrons. The fourth-order valence-corrected chi connectivity index (χ4v) is 1.71. The van der Waals surface area contributed by atoms with Crippen molar-refractivity contribution in [3.05, 3.63) is 66.0 Å². The molecule has 0 aliphatic carbocycles. The molecule has 0 radical (unpaired) electrons. The molecule has 1 unspecified atom stereocenters. The molecule has 0 aliphatic heterocycles. The first-order valence-electron chi connectivity index (χ1n) is 5.67. The van der Waals surface area contributed by atoms with E-state index in [-0.39, 0.29) is 24.8 Å². The Morgan fingerprint density at radius 2 is 1.85 bits per heavy atom. The molecule has 0 bridgehead atoms. The molecule has 2 N–H and O–H groups in total. The van der Waals surface area contributed by atoms with Crippen molar-refractivity contribution in [2.24, 2.45) is 0 Å². The van der Waals surface area contributed by atoms with Crippen LogP contribution < -0.4 is 5.32 Å². The van der Waals surface area contributed by atoms with Crippen LogP contribution in [-0.4, -0.2) is 16.1 Å². The Bertz CT molecular complexity index is 509. The van der Waals surface area contributed by atoms with E-state index < -0.39 is 12.0 Å². The zero-order valence-corrected chi connectivity index (χ0v) is 12.2. The number of nitrogens with zero attached hydrogens (tertiary/aromatic N) is 1. The van der Waals surface area contributed by atoms with E-state index in [1.807, 2.05) is 30.3 Å². The third-order valence-electron chi connectivity index (χ3n) is 2.62. The van der Waals surface area contributed by atoms with Crippen molar-refractivity contribution in [2.45, 2.75) is 12.6 Å². The molecule has 1 heterocycles. The number of aromatic nitrogens is 1. The average Bonchev–Trinajstić information content (AvgIpc) is 2.41. The van der Waals surface area contributed by atoms with Crippen LogP contribution in [0.25, 0.3) is 0 Å². The molecule has 0 saturated heterocycles. The number of carboxylic acids is 1. The minimum absolute atomic E-state index is 0. The third kappa shape index (κ3) is 5.17. The summed E-state index contributed by atoms with van der Waals surface area (Å²) >= 11 is 0. The maximum absolute atomic E-state index is 11.2. The van der Waals surface area contributed by atoms with Crippen molar-refractivity contribution in [1.29, 1.82) is 0 Å². The van der Waals surface area contributed by atoms with Gasteiger partial charge in [0.15, 0.2) is 0 Å². The predicted molar refractivity (Wildman–Crippen MR) is 82.4 cm³/mol. The van der Waals surface area contributed by atoms with Gasteiger partial charge in [-0.25, -0.2) is 0 Å². The fraction of sp³-hybridized carbons (Fsp3) is 0.143. The number of halogens is 2. The molecule has 2 aromatic rings. The molecule has 1 atom stereocenters. The zero-order chi connectivity index (χ0) is 12.8. The topological polar surface area (TPSA) is 62.2 Å². The molecule has 20 heavy (non-hydrogen) atoms. The summed E-state index contributed by atoms with van der Waals surface area (Å²) in [5.74, 6) is -0.904. The first-order valence-corrected chi connectivity index (χ1v) is 5.67. The van der Waals surface area contributed by atoms with Crippen molar-refractivity contribution in [1.82, 2.24) is 10.3 Å². The number of hydrogen-bond donors (Lipinski definition) is 2. The van der Waals surface area contributed by atoms with Gasteiger partial charge in [-0.2, -0.15) is 0 Å². The van der Waals surface area contributed by atoms with Gasteiger partial charge in [-0.3, -0.25) is 15.1 Å². The van der Waals surface area contributed by atoms with E-state index in [0.29, 0.717) is 12.1 Å². The highest BCUT2D eigenvalue weighted by molar-refractivity contribution is 5.85. The number of benzene rings is 1. The van der Waals surface area contributed by atoms with Crippen molar-refractivity contribution < 1.29 is 9.90 Å². The first kappa shape index (κ1) is 18.4. The minimum atomic E-state index is -0.904. The number of carboxylic acid groups (broad SMARTS) is 1. The highest BCUT2D eigenvalue weighted by atomic mass is 35.5. The number of aliphatic carboxylic acids is 1. The molecular weight excluding hydrogens is 299 g/mol. The molecule has 0 saturated carbocycles. The Morgan fingerprint density at radius 1 is 1.15 bits per heavy atom. The van der Waals surface area contributed by atoms with Crippen LogP contribution in [0.3, 0.4) is 0 Å². The monoisotopic (exact) mass is 314 g/mol. The van der Waals surface area contributed by atoms with Gasteiger partial charge in [0.1, 0.15) is 6.04 Å². The number of rotatable bonds is 5. The quantitative estimate of drug-likeness (QED) is 0.890. The predicted octanol–water partition coefficient (Wildman–Crippen LogP) is 2.84. The Hall–Kier alpha value is -1.62. The molecule has 1 aromatic heterocycles.